The minimum atomic E-state index is -2.84. The van der Waals surface area contributed by atoms with Gasteiger partial charge in [-0.2, -0.15) is 0 Å². The summed E-state index contributed by atoms with van der Waals surface area (Å²) in [5.41, 5.74) is 0. The fraction of sp³-hybridized carbons (Fsp3) is 1.00. The lowest BCUT2D eigenvalue weighted by Gasteiger charge is -2.30. The van der Waals surface area contributed by atoms with Gasteiger partial charge < -0.3 is 5.32 Å². The first-order valence-corrected chi connectivity index (χ1v) is 8.72. The fourth-order valence-corrected chi connectivity index (χ4v) is 4.95. The lowest BCUT2D eigenvalue weighted by atomic mass is 10.0. The van der Waals surface area contributed by atoms with Crippen molar-refractivity contribution in [1.29, 1.82) is 0 Å². The van der Waals surface area contributed by atoms with Crippen LogP contribution < -0.4 is 5.32 Å². The van der Waals surface area contributed by atoms with Gasteiger partial charge in [-0.25, -0.2) is 8.42 Å². The van der Waals surface area contributed by atoms with Crippen LogP contribution in [0.4, 0.5) is 0 Å². The lowest BCUT2D eigenvalue weighted by molar-refractivity contribution is 0.424. The minimum Gasteiger partial charge on any atom is -0.316 e. The molecule has 1 N–H and O–H groups in total. The second kappa shape index (κ2) is 7.37. The first-order valence-electron chi connectivity index (χ1n) is 7.00. The largest absolute Gasteiger partial charge is 0.316 e. The van der Waals surface area contributed by atoms with Gasteiger partial charge in [0.25, 0.3) is 0 Å². The lowest BCUT2D eigenvalue weighted by Crippen LogP contribution is -2.45. The van der Waals surface area contributed by atoms with E-state index < -0.39 is 9.84 Å². The normalized spacial score (nSPS) is 25.6. The van der Waals surface area contributed by atoms with Crippen molar-refractivity contribution in [2.24, 2.45) is 0 Å². The Balaban J connectivity index is 2.48. The van der Waals surface area contributed by atoms with Gasteiger partial charge in [0.15, 0.2) is 9.84 Å². The van der Waals surface area contributed by atoms with Crippen LogP contribution in [0, 0.1) is 0 Å². The highest BCUT2D eigenvalue weighted by Gasteiger charge is 2.34. The van der Waals surface area contributed by atoms with Crippen molar-refractivity contribution in [3.63, 3.8) is 0 Å². The molecule has 1 rings (SSSR count). The molecule has 0 aliphatic carbocycles. The van der Waals surface area contributed by atoms with E-state index in [0.717, 1.165) is 32.1 Å². The zero-order chi connectivity index (χ0) is 12.7. The summed E-state index contributed by atoms with van der Waals surface area (Å²) in [4.78, 5) is 0. The third-order valence-corrected chi connectivity index (χ3v) is 6.16. The molecule has 102 valence electrons. The molecule has 0 spiro atoms. The molecule has 2 atom stereocenters. The summed E-state index contributed by atoms with van der Waals surface area (Å²) in [7, 11) is -0.943. The highest BCUT2D eigenvalue weighted by Crippen LogP contribution is 2.24. The molecule has 0 aromatic carbocycles. The average Bonchev–Trinajstić information content (AvgIpc) is 2.30. The Kier molecular flexibility index (Phi) is 6.49. The zero-order valence-electron chi connectivity index (χ0n) is 11.2. The monoisotopic (exact) mass is 261 g/mol. The van der Waals surface area contributed by atoms with Crippen LogP contribution in [-0.4, -0.2) is 32.5 Å². The second-order valence-electron chi connectivity index (χ2n) is 5.15. The maximum atomic E-state index is 12.0. The van der Waals surface area contributed by atoms with Crippen LogP contribution in [0.1, 0.15) is 58.3 Å². The van der Waals surface area contributed by atoms with Gasteiger partial charge in [-0.05, 0) is 26.3 Å². The Hall–Kier alpha value is -0.0900. The average molecular weight is 261 g/mol. The summed E-state index contributed by atoms with van der Waals surface area (Å²) in [6.45, 7) is 2.20. The third kappa shape index (κ3) is 4.59. The van der Waals surface area contributed by atoms with Crippen LogP contribution in [0.15, 0.2) is 0 Å². The third-order valence-electron chi connectivity index (χ3n) is 3.82. The summed E-state index contributed by atoms with van der Waals surface area (Å²) in [5, 5.41) is 3.09. The van der Waals surface area contributed by atoms with Crippen molar-refractivity contribution in [1.82, 2.24) is 5.32 Å². The van der Waals surface area contributed by atoms with Crippen LogP contribution in [0.25, 0.3) is 0 Å². The molecule has 1 aliphatic rings. The Morgan fingerprint density at radius 3 is 2.59 bits per heavy atom. The van der Waals surface area contributed by atoms with Crippen molar-refractivity contribution in [2.45, 2.75) is 69.6 Å². The topological polar surface area (TPSA) is 46.2 Å². The van der Waals surface area contributed by atoms with Crippen LogP contribution in [0.2, 0.25) is 0 Å². The number of nitrogens with one attached hydrogen (secondary N) is 1. The molecule has 1 saturated heterocycles. The van der Waals surface area contributed by atoms with Crippen LogP contribution in [0.3, 0.4) is 0 Å². The molecule has 0 aromatic rings. The van der Waals surface area contributed by atoms with Gasteiger partial charge in [0, 0.05) is 6.04 Å². The van der Waals surface area contributed by atoms with Crippen LogP contribution in [0.5, 0.6) is 0 Å². The molecular weight excluding hydrogens is 234 g/mol. The molecule has 1 aliphatic heterocycles. The van der Waals surface area contributed by atoms with Gasteiger partial charge in [0.2, 0.25) is 0 Å². The maximum Gasteiger partial charge on any atom is 0.154 e. The molecule has 2 unspecified atom stereocenters. The number of sulfone groups is 1. The van der Waals surface area contributed by atoms with Gasteiger partial charge in [-0.3, -0.25) is 0 Å². The van der Waals surface area contributed by atoms with Gasteiger partial charge >= 0.3 is 0 Å². The molecule has 0 radical (unpaired) electrons. The van der Waals surface area contributed by atoms with Crippen molar-refractivity contribution in [3.05, 3.63) is 0 Å². The number of unbranched alkanes of at least 4 members (excludes halogenated alkanes) is 3. The molecule has 0 amide bonds. The molecule has 0 bridgehead atoms. The van der Waals surface area contributed by atoms with Gasteiger partial charge in [0.05, 0.1) is 11.0 Å². The Bertz CT molecular complexity index is 301. The number of rotatable bonds is 7. The zero-order valence-corrected chi connectivity index (χ0v) is 12.1. The fourth-order valence-electron chi connectivity index (χ4n) is 2.74. The van der Waals surface area contributed by atoms with E-state index in [9.17, 15) is 8.42 Å². The van der Waals surface area contributed by atoms with Crippen molar-refractivity contribution in [2.75, 3.05) is 12.8 Å². The standard InChI is InChI=1S/C13H27NO2S/c1-3-4-5-6-9-12(14-2)13-10-7-8-11-17(13,15)16/h12-14H,3-11H2,1-2H3. The van der Waals surface area contributed by atoms with E-state index in [2.05, 4.69) is 12.2 Å². The summed E-state index contributed by atoms with van der Waals surface area (Å²) < 4.78 is 24.1. The van der Waals surface area contributed by atoms with Crippen molar-refractivity contribution >= 4 is 9.84 Å². The van der Waals surface area contributed by atoms with E-state index >= 15 is 0 Å². The van der Waals surface area contributed by atoms with Gasteiger partial charge in [0.1, 0.15) is 0 Å². The highest BCUT2D eigenvalue weighted by molar-refractivity contribution is 7.92. The summed E-state index contributed by atoms with van der Waals surface area (Å²) in [6.07, 6.45) is 8.62. The maximum absolute atomic E-state index is 12.0. The molecule has 1 fully saturated rings. The second-order valence-corrected chi connectivity index (χ2v) is 7.49. The summed E-state index contributed by atoms with van der Waals surface area (Å²) in [5.74, 6) is 0.394. The Labute approximate surface area is 106 Å². The van der Waals surface area contributed by atoms with E-state index in [0.29, 0.717) is 5.75 Å². The van der Waals surface area contributed by atoms with E-state index in [1.54, 1.807) is 0 Å². The van der Waals surface area contributed by atoms with Crippen molar-refractivity contribution in [3.8, 4) is 0 Å². The molecule has 0 aromatic heterocycles. The van der Waals surface area contributed by atoms with Crippen molar-refractivity contribution < 1.29 is 8.42 Å². The van der Waals surface area contributed by atoms with Gasteiger partial charge in [-0.15, -0.1) is 0 Å². The Morgan fingerprint density at radius 2 is 2.00 bits per heavy atom. The number of hydrogen-bond donors (Lipinski definition) is 1. The van der Waals surface area contributed by atoms with Gasteiger partial charge in [-0.1, -0.05) is 39.0 Å². The molecule has 0 saturated carbocycles. The summed E-state index contributed by atoms with van der Waals surface area (Å²) in [6, 6.07) is 0.164. The van der Waals surface area contributed by atoms with E-state index in [1.807, 2.05) is 7.05 Å². The van der Waals surface area contributed by atoms with E-state index in [4.69, 9.17) is 0 Å². The highest BCUT2D eigenvalue weighted by atomic mass is 32.2. The Morgan fingerprint density at radius 1 is 1.24 bits per heavy atom. The SMILES string of the molecule is CCCCCCC(NC)C1CCCCS1(=O)=O. The minimum absolute atomic E-state index is 0.136. The predicted molar refractivity (Wildman–Crippen MR) is 73.0 cm³/mol. The molecule has 4 heteroatoms. The van der Waals surface area contributed by atoms with E-state index in [-0.39, 0.29) is 11.3 Å². The first kappa shape index (κ1) is 15.0. The molecular formula is C13H27NO2S. The quantitative estimate of drug-likeness (QED) is 0.716. The number of hydrogen-bond acceptors (Lipinski definition) is 3. The van der Waals surface area contributed by atoms with Crippen LogP contribution in [-0.2, 0) is 9.84 Å². The predicted octanol–water partition coefficient (Wildman–Crippen LogP) is 2.51. The van der Waals surface area contributed by atoms with E-state index in [1.165, 1.54) is 19.3 Å². The summed E-state index contributed by atoms with van der Waals surface area (Å²) >= 11 is 0. The molecule has 1 heterocycles. The molecule has 17 heavy (non-hydrogen) atoms. The molecule has 3 nitrogen and oxygen atoms in total. The van der Waals surface area contributed by atoms with Crippen LogP contribution >= 0.6 is 0 Å². The first-order chi connectivity index (χ1) is 8.11. The smallest absolute Gasteiger partial charge is 0.154 e.